The Hall–Kier alpha value is -4.10. The lowest BCUT2D eigenvalue weighted by Gasteiger charge is -2.08. The van der Waals surface area contributed by atoms with Gasteiger partial charge in [0.25, 0.3) is 11.1 Å². The van der Waals surface area contributed by atoms with E-state index >= 15 is 0 Å². The number of ether oxygens (including phenoxy) is 1. The molecule has 13 heteroatoms. The largest absolute Gasteiger partial charge is 0.492 e. The van der Waals surface area contributed by atoms with Gasteiger partial charge in [0.2, 0.25) is 0 Å². The van der Waals surface area contributed by atoms with Crippen molar-refractivity contribution in [1.82, 2.24) is 8.75 Å². The van der Waals surface area contributed by atoms with Crippen LogP contribution >= 0.6 is 34.7 Å². The van der Waals surface area contributed by atoms with Crippen LogP contribution in [0.5, 0.6) is 5.75 Å². The topological polar surface area (TPSA) is 147 Å². The minimum Gasteiger partial charge on any atom is -0.492 e. The second-order valence-corrected chi connectivity index (χ2v) is 8.33. The quantitative estimate of drug-likeness (QED) is 0.295. The molecule has 172 valence electrons. The third-order valence-electron chi connectivity index (χ3n) is 4.12. The summed E-state index contributed by atoms with van der Waals surface area (Å²) in [7, 11) is 1.31. The van der Waals surface area contributed by atoms with Crippen molar-refractivity contribution >= 4 is 56.0 Å². The number of para-hydroxylation sites is 1. The van der Waals surface area contributed by atoms with Crippen molar-refractivity contribution < 1.29 is 9.13 Å². The molecule has 0 aliphatic heterocycles. The standard InChI is InChI=1S/C11H7ClFN3O2S.C10H7N3OS/c1-18-9-7(12)2-5(3-8(9)13)15-11-6(4-14)10(17)16-19-11;11-6-8-9(14)13-15-10(8)12-7-4-2-1-3-5-7/h2-3,15H,1H3,(H,16,17);1-5,12H,(H,13,14). The Labute approximate surface area is 204 Å². The zero-order chi connectivity index (χ0) is 24.7. The molecule has 0 saturated carbocycles. The summed E-state index contributed by atoms with van der Waals surface area (Å²) in [5.74, 6) is -0.700. The summed E-state index contributed by atoms with van der Waals surface area (Å²) >= 11 is 7.92. The van der Waals surface area contributed by atoms with Crippen LogP contribution in [0.2, 0.25) is 5.02 Å². The first-order chi connectivity index (χ1) is 16.4. The predicted octanol–water partition coefficient (Wildman–Crippen LogP) is 4.90. The van der Waals surface area contributed by atoms with Crippen molar-refractivity contribution in [1.29, 1.82) is 10.5 Å². The lowest BCUT2D eigenvalue weighted by Crippen LogP contribution is -2.03. The Morgan fingerprint density at radius 3 is 1.94 bits per heavy atom. The average molecular weight is 517 g/mol. The molecule has 0 spiro atoms. The fraction of sp³-hybridized carbons (Fsp3) is 0.0476. The molecular weight excluding hydrogens is 503 g/mol. The van der Waals surface area contributed by atoms with E-state index in [9.17, 15) is 14.0 Å². The average Bonchev–Trinajstić information content (AvgIpc) is 3.35. The maximum atomic E-state index is 13.6. The molecule has 0 unspecified atom stereocenters. The van der Waals surface area contributed by atoms with Crippen LogP contribution in [0.3, 0.4) is 0 Å². The summed E-state index contributed by atoms with van der Waals surface area (Å²) in [5, 5.41) is 24.3. The summed E-state index contributed by atoms with van der Waals surface area (Å²) in [4.78, 5) is 22.4. The first kappa shape index (κ1) is 24.5. The molecule has 2 aromatic carbocycles. The predicted molar refractivity (Wildman–Crippen MR) is 130 cm³/mol. The molecule has 2 heterocycles. The van der Waals surface area contributed by atoms with E-state index < -0.39 is 11.4 Å². The zero-order valence-electron chi connectivity index (χ0n) is 17.2. The van der Waals surface area contributed by atoms with Gasteiger partial charge >= 0.3 is 0 Å². The van der Waals surface area contributed by atoms with E-state index in [1.165, 1.54) is 13.2 Å². The van der Waals surface area contributed by atoms with Crippen molar-refractivity contribution in [3.05, 3.63) is 85.1 Å². The molecule has 0 atom stereocenters. The lowest BCUT2D eigenvalue weighted by atomic mass is 10.2. The Kier molecular flexibility index (Phi) is 8.05. The van der Waals surface area contributed by atoms with Gasteiger partial charge in [-0.15, -0.1) is 0 Å². The minimum atomic E-state index is -0.640. The molecular formula is C21H14ClFN6O3S2. The van der Waals surface area contributed by atoms with E-state index in [0.717, 1.165) is 34.8 Å². The number of nitrogens with one attached hydrogen (secondary N) is 4. The highest BCUT2D eigenvalue weighted by molar-refractivity contribution is 7.10. The highest BCUT2D eigenvalue weighted by Crippen LogP contribution is 2.33. The van der Waals surface area contributed by atoms with E-state index in [1.54, 1.807) is 6.07 Å². The Morgan fingerprint density at radius 1 is 0.941 bits per heavy atom. The zero-order valence-corrected chi connectivity index (χ0v) is 19.6. The van der Waals surface area contributed by atoms with Crippen LogP contribution in [0.1, 0.15) is 11.1 Å². The van der Waals surface area contributed by atoms with Gasteiger partial charge < -0.3 is 15.4 Å². The first-order valence-electron chi connectivity index (χ1n) is 9.23. The van der Waals surface area contributed by atoms with Gasteiger partial charge in [-0.05, 0) is 41.3 Å². The number of methoxy groups -OCH3 is 1. The molecule has 0 aliphatic rings. The van der Waals surface area contributed by atoms with Crippen molar-refractivity contribution in [2.45, 2.75) is 0 Å². The van der Waals surface area contributed by atoms with Gasteiger partial charge in [-0.25, -0.2) is 4.39 Å². The van der Waals surface area contributed by atoms with Crippen molar-refractivity contribution in [3.8, 4) is 17.9 Å². The molecule has 0 saturated heterocycles. The summed E-state index contributed by atoms with van der Waals surface area (Å²) < 4.78 is 23.3. The smallest absolute Gasteiger partial charge is 0.278 e. The number of hydrogen-bond donors (Lipinski definition) is 4. The maximum absolute atomic E-state index is 13.6. The molecule has 0 amide bonds. The number of rotatable bonds is 5. The first-order valence-corrected chi connectivity index (χ1v) is 11.2. The molecule has 0 aliphatic carbocycles. The van der Waals surface area contributed by atoms with Gasteiger partial charge in [0, 0.05) is 17.4 Å². The number of anilines is 4. The number of aromatic amines is 2. The molecule has 0 bridgehead atoms. The fourth-order valence-corrected chi connectivity index (χ4v) is 4.29. The van der Waals surface area contributed by atoms with Gasteiger partial charge in [0.1, 0.15) is 22.1 Å². The third-order valence-corrected chi connectivity index (χ3v) is 5.99. The van der Waals surface area contributed by atoms with E-state index in [-0.39, 0.29) is 27.5 Å². The van der Waals surface area contributed by atoms with E-state index in [4.69, 9.17) is 26.9 Å². The highest BCUT2D eigenvalue weighted by Gasteiger charge is 2.14. The van der Waals surface area contributed by atoms with Crippen LogP contribution in [-0.4, -0.2) is 15.9 Å². The molecule has 4 aromatic rings. The van der Waals surface area contributed by atoms with Gasteiger partial charge in [0.15, 0.2) is 22.7 Å². The summed E-state index contributed by atoms with van der Waals surface area (Å²) in [6.07, 6.45) is 0. The number of hydrogen-bond acceptors (Lipinski definition) is 9. The van der Waals surface area contributed by atoms with E-state index in [1.807, 2.05) is 36.4 Å². The maximum Gasteiger partial charge on any atom is 0.278 e. The van der Waals surface area contributed by atoms with Gasteiger partial charge in [-0.3, -0.25) is 18.3 Å². The fourth-order valence-electron chi connectivity index (χ4n) is 2.59. The van der Waals surface area contributed by atoms with Crippen LogP contribution in [0.25, 0.3) is 0 Å². The summed E-state index contributed by atoms with van der Waals surface area (Å²) in [5.41, 5.74) is 0.400. The Bertz CT molecular complexity index is 1470. The number of halogens is 2. The highest BCUT2D eigenvalue weighted by atomic mass is 35.5. The second kappa shape index (κ2) is 11.2. The van der Waals surface area contributed by atoms with Crippen LogP contribution in [0.4, 0.5) is 25.8 Å². The molecule has 4 N–H and O–H groups in total. The molecule has 34 heavy (non-hydrogen) atoms. The van der Waals surface area contributed by atoms with Crippen LogP contribution in [0.15, 0.2) is 52.1 Å². The normalized spacial score (nSPS) is 9.79. The van der Waals surface area contributed by atoms with Crippen LogP contribution < -0.4 is 26.5 Å². The Balaban J connectivity index is 0.000000196. The SMILES string of the molecule is COc1c(F)cc(Nc2s[nH]c(=O)c2C#N)cc1Cl.N#Cc1c(Nc2ccccc2)s[nH]c1=O. The lowest BCUT2D eigenvalue weighted by molar-refractivity contribution is 0.387. The molecule has 2 aromatic heterocycles. The van der Waals surface area contributed by atoms with Gasteiger partial charge in [0.05, 0.1) is 12.1 Å². The number of nitriles is 2. The number of aromatic nitrogens is 2. The summed E-state index contributed by atoms with van der Waals surface area (Å²) in [6, 6.07) is 15.6. The summed E-state index contributed by atoms with van der Waals surface area (Å²) in [6.45, 7) is 0. The molecule has 0 fully saturated rings. The number of H-pyrrole nitrogens is 2. The minimum absolute atomic E-state index is 0.0580. The van der Waals surface area contributed by atoms with E-state index in [2.05, 4.69) is 19.4 Å². The van der Waals surface area contributed by atoms with Crippen LogP contribution in [0, 0.1) is 28.5 Å². The molecule has 0 radical (unpaired) electrons. The monoisotopic (exact) mass is 516 g/mol. The van der Waals surface area contributed by atoms with Gasteiger partial charge in [-0.2, -0.15) is 10.5 Å². The van der Waals surface area contributed by atoms with Crippen molar-refractivity contribution in [2.75, 3.05) is 17.7 Å². The van der Waals surface area contributed by atoms with Gasteiger partial charge in [-0.1, -0.05) is 29.8 Å². The van der Waals surface area contributed by atoms with Crippen LogP contribution in [-0.2, 0) is 0 Å². The molecule has 9 nitrogen and oxygen atoms in total. The Morgan fingerprint density at radius 2 is 1.47 bits per heavy atom. The molecule has 4 rings (SSSR count). The number of benzene rings is 2. The second-order valence-electron chi connectivity index (χ2n) is 6.29. The third kappa shape index (κ3) is 5.63. The van der Waals surface area contributed by atoms with Crippen molar-refractivity contribution in [2.24, 2.45) is 0 Å². The number of nitrogens with zero attached hydrogens (tertiary/aromatic N) is 2. The van der Waals surface area contributed by atoms with E-state index in [0.29, 0.717) is 15.7 Å². The van der Waals surface area contributed by atoms with Crippen molar-refractivity contribution in [3.63, 3.8) is 0 Å².